The summed E-state index contributed by atoms with van der Waals surface area (Å²) in [6.07, 6.45) is 1.41. The maximum atomic E-state index is 12.2. The minimum Gasteiger partial charge on any atom is -0.444 e. The molecule has 0 bridgehead atoms. The summed E-state index contributed by atoms with van der Waals surface area (Å²) in [4.78, 5) is 14.0. The first kappa shape index (κ1) is 15.8. The zero-order valence-corrected chi connectivity index (χ0v) is 13.4. The molecule has 1 N–H and O–H groups in total. The molecule has 0 unspecified atom stereocenters. The van der Waals surface area contributed by atoms with Gasteiger partial charge in [-0.25, -0.2) is 4.79 Å². The second-order valence-electron chi connectivity index (χ2n) is 6.68. The van der Waals surface area contributed by atoms with Gasteiger partial charge in [-0.05, 0) is 62.8 Å². The highest BCUT2D eigenvalue weighted by atomic mass is 16.6. The van der Waals surface area contributed by atoms with Gasteiger partial charge in [0, 0.05) is 13.1 Å². The van der Waals surface area contributed by atoms with E-state index in [4.69, 9.17) is 4.74 Å². The van der Waals surface area contributed by atoms with Crippen LogP contribution < -0.4 is 0 Å². The van der Waals surface area contributed by atoms with E-state index in [9.17, 15) is 9.90 Å². The van der Waals surface area contributed by atoms with Crippen molar-refractivity contribution >= 4 is 6.09 Å². The van der Waals surface area contributed by atoms with Crippen LogP contribution in [0.3, 0.4) is 0 Å². The van der Waals surface area contributed by atoms with Crippen LogP contribution in [0.4, 0.5) is 4.79 Å². The number of aliphatic hydroxyl groups is 1. The molecule has 21 heavy (non-hydrogen) atoms. The zero-order chi connectivity index (χ0) is 15.6. The number of aliphatic hydroxyl groups excluding tert-OH is 1. The van der Waals surface area contributed by atoms with Gasteiger partial charge in [-0.2, -0.15) is 0 Å². The number of fused-ring (bicyclic) bond motifs is 1. The molecule has 1 aliphatic heterocycles. The van der Waals surface area contributed by atoms with E-state index in [1.807, 2.05) is 26.8 Å². The van der Waals surface area contributed by atoms with Crippen LogP contribution in [-0.2, 0) is 24.2 Å². The van der Waals surface area contributed by atoms with Crippen molar-refractivity contribution in [3.8, 4) is 0 Å². The van der Waals surface area contributed by atoms with Crippen LogP contribution in [0.2, 0.25) is 0 Å². The maximum Gasteiger partial charge on any atom is 0.410 e. The summed E-state index contributed by atoms with van der Waals surface area (Å²) in [6.45, 7) is 9.13. The lowest BCUT2D eigenvalue weighted by molar-refractivity contribution is 0.0258. The summed E-state index contributed by atoms with van der Waals surface area (Å²) in [5, 5.41) is 9.32. The fourth-order valence-electron chi connectivity index (χ4n) is 2.77. The van der Waals surface area contributed by atoms with E-state index < -0.39 is 5.60 Å². The van der Waals surface area contributed by atoms with Crippen molar-refractivity contribution in [3.05, 3.63) is 34.4 Å². The predicted molar refractivity (Wildman–Crippen MR) is 82.3 cm³/mol. The molecule has 0 spiro atoms. The third kappa shape index (κ3) is 3.97. The van der Waals surface area contributed by atoms with E-state index in [-0.39, 0.29) is 12.7 Å². The van der Waals surface area contributed by atoms with Crippen molar-refractivity contribution in [2.45, 2.75) is 52.7 Å². The fraction of sp³-hybridized carbons (Fsp3) is 0.588. The summed E-state index contributed by atoms with van der Waals surface area (Å²) >= 11 is 0. The molecule has 1 heterocycles. The first-order chi connectivity index (χ1) is 9.80. The Bertz CT molecular complexity index is 532. The van der Waals surface area contributed by atoms with Crippen molar-refractivity contribution in [2.75, 3.05) is 13.1 Å². The minimum atomic E-state index is -0.462. The lowest BCUT2D eigenvalue weighted by atomic mass is 9.95. The number of rotatable bonds is 1. The predicted octanol–water partition coefficient (Wildman–Crippen LogP) is 2.82. The van der Waals surface area contributed by atoms with Gasteiger partial charge >= 0.3 is 6.09 Å². The van der Waals surface area contributed by atoms with Crippen LogP contribution >= 0.6 is 0 Å². The molecule has 4 nitrogen and oxygen atoms in total. The number of hydrogen-bond donors (Lipinski definition) is 1. The lowest BCUT2D eigenvalue weighted by Gasteiger charge is -2.26. The van der Waals surface area contributed by atoms with Gasteiger partial charge in [0.2, 0.25) is 0 Å². The van der Waals surface area contributed by atoms with Crippen molar-refractivity contribution < 1.29 is 14.6 Å². The highest BCUT2D eigenvalue weighted by Gasteiger charge is 2.24. The zero-order valence-electron chi connectivity index (χ0n) is 13.4. The number of carbonyl (C=O) groups is 1. The summed E-state index contributed by atoms with van der Waals surface area (Å²) in [7, 11) is 0. The molecule has 116 valence electrons. The van der Waals surface area contributed by atoms with E-state index in [1.54, 1.807) is 4.90 Å². The topological polar surface area (TPSA) is 49.8 Å². The fourth-order valence-corrected chi connectivity index (χ4v) is 2.77. The van der Waals surface area contributed by atoms with Crippen molar-refractivity contribution in [1.82, 2.24) is 4.90 Å². The Morgan fingerprint density at radius 2 is 1.95 bits per heavy atom. The highest BCUT2D eigenvalue weighted by Crippen LogP contribution is 2.23. The first-order valence-electron chi connectivity index (χ1n) is 7.50. The normalized spacial score (nSPS) is 15.4. The van der Waals surface area contributed by atoms with Crippen LogP contribution in [0.25, 0.3) is 0 Å². The average molecular weight is 291 g/mol. The molecule has 0 saturated carbocycles. The van der Waals surface area contributed by atoms with Gasteiger partial charge in [0.05, 0.1) is 6.61 Å². The number of nitrogens with zero attached hydrogens (tertiary/aromatic N) is 1. The minimum absolute atomic E-state index is 0.0594. The average Bonchev–Trinajstić information content (AvgIpc) is 2.59. The Kier molecular flexibility index (Phi) is 4.57. The molecule has 2 rings (SSSR count). The molecule has 1 aliphatic rings. The summed E-state index contributed by atoms with van der Waals surface area (Å²) < 4.78 is 5.45. The molecule has 4 heteroatoms. The van der Waals surface area contributed by atoms with Crippen LogP contribution in [0.15, 0.2) is 12.1 Å². The molecular weight excluding hydrogens is 266 g/mol. The van der Waals surface area contributed by atoms with E-state index in [1.165, 1.54) is 16.7 Å². The molecule has 1 amide bonds. The molecule has 0 saturated heterocycles. The molecule has 0 radical (unpaired) electrons. The van der Waals surface area contributed by atoms with E-state index >= 15 is 0 Å². The number of ether oxygens (including phenoxy) is 1. The molecule has 1 aromatic rings. The summed E-state index contributed by atoms with van der Waals surface area (Å²) in [5.74, 6) is 0. The van der Waals surface area contributed by atoms with Crippen molar-refractivity contribution in [3.63, 3.8) is 0 Å². The van der Waals surface area contributed by atoms with Gasteiger partial charge < -0.3 is 14.7 Å². The standard InChI is InChI=1S/C17H25NO3/c1-12-9-13(11-19)10-14-5-7-18(8-6-15(12)14)16(20)21-17(2,3)4/h9-10,19H,5-8,11H2,1-4H3. The van der Waals surface area contributed by atoms with Crippen LogP contribution in [-0.4, -0.2) is 34.8 Å². The molecule has 0 atom stereocenters. The van der Waals surface area contributed by atoms with Gasteiger partial charge in [-0.3, -0.25) is 0 Å². The number of carbonyl (C=O) groups excluding carboxylic acids is 1. The van der Waals surface area contributed by atoms with E-state index in [0.717, 1.165) is 18.4 Å². The maximum absolute atomic E-state index is 12.2. The van der Waals surface area contributed by atoms with Crippen molar-refractivity contribution in [2.24, 2.45) is 0 Å². The Morgan fingerprint density at radius 1 is 1.29 bits per heavy atom. The van der Waals surface area contributed by atoms with Crippen LogP contribution in [0.1, 0.15) is 43.0 Å². The first-order valence-corrected chi connectivity index (χ1v) is 7.50. The second kappa shape index (κ2) is 6.06. The monoisotopic (exact) mass is 291 g/mol. The van der Waals surface area contributed by atoms with E-state index in [2.05, 4.69) is 13.0 Å². The second-order valence-corrected chi connectivity index (χ2v) is 6.68. The van der Waals surface area contributed by atoms with Gasteiger partial charge in [-0.1, -0.05) is 12.1 Å². The number of aryl methyl sites for hydroxylation is 1. The number of amides is 1. The Balaban J connectivity index is 2.13. The quantitative estimate of drug-likeness (QED) is 0.865. The van der Waals surface area contributed by atoms with Gasteiger partial charge in [0.25, 0.3) is 0 Å². The Hall–Kier alpha value is -1.55. The Labute approximate surface area is 126 Å². The van der Waals surface area contributed by atoms with Crippen LogP contribution in [0.5, 0.6) is 0 Å². The number of benzene rings is 1. The largest absolute Gasteiger partial charge is 0.444 e. The van der Waals surface area contributed by atoms with Gasteiger partial charge in [-0.15, -0.1) is 0 Å². The smallest absolute Gasteiger partial charge is 0.410 e. The number of hydrogen-bond acceptors (Lipinski definition) is 3. The summed E-state index contributed by atoms with van der Waals surface area (Å²) in [6, 6.07) is 4.09. The van der Waals surface area contributed by atoms with Crippen LogP contribution in [0, 0.1) is 6.92 Å². The van der Waals surface area contributed by atoms with E-state index in [0.29, 0.717) is 13.1 Å². The van der Waals surface area contributed by atoms with Gasteiger partial charge in [0.15, 0.2) is 0 Å². The van der Waals surface area contributed by atoms with Gasteiger partial charge in [0.1, 0.15) is 5.60 Å². The summed E-state index contributed by atoms with van der Waals surface area (Å²) in [5.41, 5.74) is 4.22. The Morgan fingerprint density at radius 3 is 2.57 bits per heavy atom. The third-order valence-electron chi connectivity index (χ3n) is 3.74. The molecule has 0 aromatic heterocycles. The molecule has 0 aliphatic carbocycles. The molecule has 0 fully saturated rings. The highest BCUT2D eigenvalue weighted by molar-refractivity contribution is 5.68. The van der Waals surface area contributed by atoms with Crippen molar-refractivity contribution in [1.29, 1.82) is 0 Å². The molecular formula is C17H25NO3. The lowest BCUT2D eigenvalue weighted by Crippen LogP contribution is -2.38. The third-order valence-corrected chi connectivity index (χ3v) is 3.74. The SMILES string of the molecule is Cc1cc(CO)cc2c1CCN(C(=O)OC(C)(C)C)CC2. The molecule has 1 aromatic carbocycles.